The van der Waals surface area contributed by atoms with Gasteiger partial charge in [0, 0.05) is 52.5 Å². The van der Waals surface area contributed by atoms with Crippen molar-refractivity contribution in [1.29, 1.82) is 0 Å². The van der Waals surface area contributed by atoms with Crippen molar-refractivity contribution in [2.24, 2.45) is 35.5 Å². The fourth-order valence-corrected chi connectivity index (χ4v) is 9.86. The third-order valence-corrected chi connectivity index (χ3v) is 12.8. The zero-order valence-electron chi connectivity index (χ0n) is 38.8. The average molecular weight is 826 g/mol. The third-order valence-electron chi connectivity index (χ3n) is 12.8. The fourth-order valence-electron chi connectivity index (χ4n) is 9.86. The lowest BCUT2D eigenvalue weighted by atomic mass is 9.79. The molecule has 0 spiro atoms. The summed E-state index contributed by atoms with van der Waals surface area (Å²) in [5.74, 6) is -2.18. The molecular formula is C48H79N3O8. The number of carbonyl (C=O) groups excluding carboxylic acids is 5. The van der Waals surface area contributed by atoms with Gasteiger partial charge in [0.05, 0.1) is 42.7 Å². The van der Waals surface area contributed by atoms with Crippen molar-refractivity contribution in [2.75, 3.05) is 41.9 Å². The number of ether oxygens (including phenoxy) is 3. The number of likely N-dealkylation sites (tertiary alicyclic amines) is 1. The largest absolute Gasteiger partial charge is 0.460 e. The van der Waals surface area contributed by atoms with Crippen LogP contribution in [0.1, 0.15) is 125 Å². The molecule has 0 bridgehead atoms. The van der Waals surface area contributed by atoms with Crippen LogP contribution in [0.15, 0.2) is 30.3 Å². The molecule has 1 heterocycles. The number of Topliss-reactive ketones (excluding diaryl/α,β-unsaturated/α-hetero) is 2. The van der Waals surface area contributed by atoms with E-state index < -0.39 is 41.5 Å². The van der Waals surface area contributed by atoms with Crippen LogP contribution < -0.4 is 0 Å². The number of ketones is 2. The molecule has 1 aromatic carbocycles. The molecule has 1 aliphatic heterocycles. The molecule has 0 N–H and O–H groups in total. The SMILES string of the molecule is CO[C@H]([C@@H](C)C(=O)C[C@@H](Cc1ccccc1)C(=O)OC(C)(C)C)[C@@H]1CCCN1C(=O)C[C@@H](OC)[C@H](C1CCCCC1)N(C)C(=O)[C@@H](CC(=O)[C@H](C(C)C)N(C)C)C(C)C. The van der Waals surface area contributed by atoms with E-state index in [4.69, 9.17) is 14.2 Å². The fraction of sp³-hybridized carbons (Fsp3) is 0.771. The van der Waals surface area contributed by atoms with Crippen molar-refractivity contribution in [3.8, 4) is 0 Å². The minimum atomic E-state index is -0.698. The maximum absolute atomic E-state index is 14.6. The molecule has 2 fully saturated rings. The highest BCUT2D eigenvalue weighted by molar-refractivity contribution is 5.90. The Bertz CT molecular complexity index is 1490. The summed E-state index contributed by atoms with van der Waals surface area (Å²) in [5.41, 5.74) is 0.250. The first kappa shape index (κ1) is 50.2. The second-order valence-corrected chi connectivity index (χ2v) is 19.4. The van der Waals surface area contributed by atoms with Crippen LogP contribution in [-0.2, 0) is 44.6 Å². The summed E-state index contributed by atoms with van der Waals surface area (Å²) in [6, 6.07) is 8.67. The van der Waals surface area contributed by atoms with Gasteiger partial charge in [0.2, 0.25) is 11.8 Å². The number of amides is 2. The van der Waals surface area contributed by atoms with E-state index in [-0.39, 0.29) is 78.5 Å². The molecule has 334 valence electrons. The summed E-state index contributed by atoms with van der Waals surface area (Å²) in [6.45, 7) is 15.9. The van der Waals surface area contributed by atoms with Crippen LogP contribution in [0.3, 0.4) is 0 Å². The van der Waals surface area contributed by atoms with Gasteiger partial charge >= 0.3 is 5.97 Å². The van der Waals surface area contributed by atoms with E-state index in [0.717, 1.165) is 44.1 Å². The molecule has 0 radical (unpaired) electrons. The minimum absolute atomic E-state index is 0.00305. The molecule has 1 saturated heterocycles. The third kappa shape index (κ3) is 14.2. The van der Waals surface area contributed by atoms with Crippen LogP contribution in [0.25, 0.3) is 0 Å². The number of esters is 1. The van der Waals surface area contributed by atoms with Crippen molar-refractivity contribution in [1.82, 2.24) is 14.7 Å². The molecule has 8 atom stereocenters. The standard InChI is InChI=1S/C48H79N3O8/c1-31(2)37(29-40(53)43(32(3)4)49(9)10)46(55)50(11)44(35-23-18-15-19-24-35)41(57-12)30-42(54)51-26-20-25-38(51)45(58-13)33(5)39(52)28-36(47(56)59-48(6,7)8)27-34-21-16-14-17-22-34/h14,16-17,21-22,31-33,35-38,41,43-45H,15,18-20,23-30H2,1-13H3/t33-,36+,37-,38-,41+,43-,44-,45+/m0/s1. The Morgan fingerprint density at radius 1 is 0.780 bits per heavy atom. The van der Waals surface area contributed by atoms with Gasteiger partial charge < -0.3 is 24.0 Å². The van der Waals surface area contributed by atoms with E-state index in [9.17, 15) is 24.0 Å². The maximum Gasteiger partial charge on any atom is 0.310 e. The summed E-state index contributed by atoms with van der Waals surface area (Å²) in [6.07, 6.45) is 6.01. The lowest BCUT2D eigenvalue weighted by Crippen LogP contribution is -2.55. The molecule has 1 aliphatic carbocycles. The van der Waals surface area contributed by atoms with Gasteiger partial charge in [-0.25, -0.2) is 0 Å². The molecule has 11 heteroatoms. The van der Waals surface area contributed by atoms with Crippen molar-refractivity contribution in [3.63, 3.8) is 0 Å². The number of nitrogens with zero attached hydrogens (tertiary/aromatic N) is 3. The van der Waals surface area contributed by atoms with Gasteiger partial charge in [-0.2, -0.15) is 0 Å². The van der Waals surface area contributed by atoms with Crippen LogP contribution in [0.2, 0.25) is 0 Å². The van der Waals surface area contributed by atoms with Gasteiger partial charge in [0.1, 0.15) is 11.4 Å². The van der Waals surface area contributed by atoms with E-state index in [2.05, 4.69) is 0 Å². The molecule has 3 rings (SSSR count). The molecule has 2 amide bonds. The van der Waals surface area contributed by atoms with Crippen LogP contribution in [0.4, 0.5) is 0 Å². The first-order chi connectivity index (χ1) is 27.7. The number of hydrogen-bond donors (Lipinski definition) is 0. The predicted octanol–water partition coefficient (Wildman–Crippen LogP) is 7.42. The van der Waals surface area contributed by atoms with E-state index in [0.29, 0.717) is 19.4 Å². The maximum atomic E-state index is 14.6. The molecule has 59 heavy (non-hydrogen) atoms. The average Bonchev–Trinajstić information content (AvgIpc) is 3.65. The number of likely N-dealkylation sites (N-methyl/N-ethyl adjacent to an activating group) is 2. The second kappa shape index (κ2) is 23.2. The first-order valence-corrected chi connectivity index (χ1v) is 22.3. The number of methoxy groups -OCH3 is 2. The lowest BCUT2D eigenvalue weighted by Gasteiger charge is -2.43. The van der Waals surface area contributed by atoms with Gasteiger partial charge in [-0.05, 0) is 90.3 Å². The Morgan fingerprint density at radius 3 is 1.93 bits per heavy atom. The molecule has 1 aromatic rings. The molecule has 0 unspecified atom stereocenters. The van der Waals surface area contributed by atoms with Crippen LogP contribution in [-0.4, -0.2) is 122 Å². The number of rotatable bonds is 22. The van der Waals surface area contributed by atoms with Crippen LogP contribution in [0, 0.1) is 35.5 Å². The van der Waals surface area contributed by atoms with Gasteiger partial charge in [0.15, 0.2) is 5.78 Å². The Labute approximate surface area is 356 Å². The Hall–Kier alpha value is -3.15. The van der Waals surface area contributed by atoms with E-state index >= 15 is 0 Å². The highest BCUT2D eigenvalue weighted by Crippen LogP contribution is 2.35. The van der Waals surface area contributed by atoms with Crippen molar-refractivity contribution in [3.05, 3.63) is 35.9 Å². The van der Waals surface area contributed by atoms with Gasteiger partial charge in [-0.1, -0.05) is 84.2 Å². The molecular weight excluding hydrogens is 747 g/mol. The highest BCUT2D eigenvalue weighted by Gasteiger charge is 2.44. The number of carbonyl (C=O) groups is 5. The van der Waals surface area contributed by atoms with Gasteiger partial charge in [0.25, 0.3) is 0 Å². The molecule has 2 aliphatic rings. The monoisotopic (exact) mass is 826 g/mol. The van der Waals surface area contributed by atoms with E-state index in [1.165, 1.54) is 0 Å². The lowest BCUT2D eigenvalue weighted by molar-refractivity contribution is -0.161. The smallest absolute Gasteiger partial charge is 0.310 e. The Morgan fingerprint density at radius 2 is 1.41 bits per heavy atom. The number of hydrogen-bond acceptors (Lipinski definition) is 9. The van der Waals surface area contributed by atoms with Crippen molar-refractivity contribution in [2.45, 2.75) is 162 Å². The molecule has 1 saturated carbocycles. The van der Waals surface area contributed by atoms with Crippen LogP contribution in [0.5, 0.6) is 0 Å². The number of benzene rings is 1. The van der Waals surface area contributed by atoms with E-state index in [1.54, 1.807) is 14.2 Å². The summed E-state index contributed by atoms with van der Waals surface area (Å²) >= 11 is 0. The van der Waals surface area contributed by atoms with Gasteiger partial charge in [-0.3, -0.25) is 28.9 Å². The predicted molar refractivity (Wildman–Crippen MR) is 233 cm³/mol. The van der Waals surface area contributed by atoms with Crippen molar-refractivity contribution >= 4 is 29.4 Å². The van der Waals surface area contributed by atoms with Crippen LogP contribution >= 0.6 is 0 Å². The van der Waals surface area contributed by atoms with Crippen molar-refractivity contribution < 1.29 is 38.2 Å². The Balaban J connectivity index is 1.84. The Kier molecular flexibility index (Phi) is 19.7. The second-order valence-electron chi connectivity index (χ2n) is 19.4. The summed E-state index contributed by atoms with van der Waals surface area (Å²) in [5, 5.41) is 0. The minimum Gasteiger partial charge on any atom is -0.460 e. The normalized spacial score (nSPS) is 20.2. The zero-order valence-corrected chi connectivity index (χ0v) is 38.8. The molecule has 0 aromatic heterocycles. The first-order valence-electron chi connectivity index (χ1n) is 22.3. The summed E-state index contributed by atoms with van der Waals surface area (Å²) < 4.78 is 18.0. The quantitative estimate of drug-likeness (QED) is 0.110. The zero-order chi connectivity index (χ0) is 44.2. The van der Waals surface area contributed by atoms with E-state index in [1.807, 2.05) is 122 Å². The van der Waals surface area contributed by atoms with Gasteiger partial charge in [-0.15, -0.1) is 0 Å². The molecule has 11 nitrogen and oxygen atoms in total. The summed E-state index contributed by atoms with van der Waals surface area (Å²) in [7, 11) is 8.86. The summed E-state index contributed by atoms with van der Waals surface area (Å²) in [4.78, 5) is 75.9. The topological polar surface area (TPSA) is 123 Å². The highest BCUT2D eigenvalue weighted by atomic mass is 16.6.